The highest BCUT2D eigenvalue weighted by molar-refractivity contribution is 5.41. The molecular weight excluding hydrogens is 236 g/mol. The van der Waals surface area contributed by atoms with Gasteiger partial charge in [0.1, 0.15) is 0 Å². The molecule has 3 heteroatoms. The lowest BCUT2D eigenvalue weighted by Crippen LogP contribution is -2.13. The molecule has 96 valence electrons. The molecule has 0 amide bonds. The fourth-order valence-corrected chi connectivity index (χ4v) is 2.04. The normalized spacial score (nSPS) is 10.2. The molecule has 0 fully saturated rings. The minimum atomic E-state index is -0.0702. The second-order valence-electron chi connectivity index (χ2n) is 4.78. The van der Waals surface area contributed by atoms with Crippen molar-refractivity contribution in [1.29, 1.82) is 5.26 Å². The maximum absolute atomic E-state index is 11.8. The molecule has 0 saturated heterocycles. The van der Waals surface area contributed by atoms with Gasteiger partial charge in [-0.05, 0) is 44.0 Å². The smallest absolute Gasteiger partial charge is 0.186 e. The van der Waals surface area contributed by atoms with Gasteiger partial charge in [0.05, 0.1) is 12.5 Å². The molecule has 2 aromatic rings. The van der Waals surface area contributed by atoms with Crippen LogP contribution >= 0.6 is 0 Å². The van der Waals surface area contributed by atoms with Crippen LogP contribution in [0.1, 0.15) is 22.4 Å². The minimum Gasteiger partial charge on any atom is -0.321 e. The molecule has 0 aliphatic rings. The fraction of sp³-hybridized carbons (Fsp3) is 0.250. The Kier molecular flexibility index (Phi) is 3.52. The highest BCUT2D eigenvalue weighted by atomic mass is 16.1. The van der Waals surface area contributed by atoms with E-state index in [4.69, 9.17) is 5.26 Å². The number of rotatable bonds is 2. The Hall–Kier alpha value is -2.34. The molecular formula is C16H16N2O. The Morgan fingerprint density at radius 3 is 2.53 bits per heavy atom. The average Bonchev–Trinajstić information content (AvgIpc) is 2.36. The molecule has 1 heterocycles. The molecule has 0 spiro atoms. The zero-order valence-corrected chi connectivity index (χ0v) is 11.4. The fourth-order valence-electron chi connectivity index (χ4n) is 2.04. The van der Waals surface area contributed by atoms with Crippen LogP contribution in [0.5, 0.6) is 0 Å². The van der Waals surface area contributed by atoms with E-state index in [-0.39, 0.29) is 11.8 Å². The summed E-state index contributed by atoms with van der Waals surface area (Å²) in [6.45, 7) is 6.03. The van der Waals surface area contributed by atoms with Gasteiger partial charge in [-0.2, -0.15) is 5.26 Å². The molecule has 0 N–H and O–H groups in total. The summed E-state index contributed by atoms with van der Waals surface area (Å²) in [7, 11) is 0. The number of nitriles is 1. The molecule has 0 aliphatic carbocycles. The molecule has 1 aromatic heterocycles. The molecule has 0 radical (unpaired) electrons. The number of nitrogens with zero attached hydrogens (tertiary/aromatic N) is 2. The molecule has 1 aromatic carbocycles. The van der Waals surface area contributed by atoms with E-state index in [1.165, 1.54) is 11.1 Å². The first-order chi connectivity index (χ1) is 9.02. The van der Waals surface area contributed by atoms with Crippen LogP contribution in [0, 0.1) is 32.1 Å². The first-order valence-electron chi connectivity index (χ1n) is 6.19. The largest absolute Gasteiger partial charge is 0.321 e. The van der Waals surface area contributed by atoms with Gasteiger partial charge in [0.25, 0.3) is 0 Å². The molecule has 2 rings (SSSR count). The Morgan fingerprint density at radius 2 is 1.89 bits per heavy atom. The summed E-state index contributed by atoms with van der Waals surface area (Å²) in [5, 5.41) is 8.76. The van der Waals surface area contributed by atoms with Crippen molar-refractivity contribution in [2.45, 2.75) is 27.2 Å². The molecule has 0 bridgehead atoms. The number of aromatic nitrogens is 1. The zero-order valence-electron chi connectivity index (χ0n) is 11.4. The van der Waals surface area contributed by atoms with Crippen molar-refractivity contribution >= 4 is 0 Å². The van der Waals surface area contributed by atoms with E-state index in [1.807, 2.05) is 23.6 Å². The van der Waals surface area contributed by atoms with E-state index in [9.17, 15) is 4.79 Å². The second kappa shape index (κ2) is 5.11. The summed E-state index contributed by atoms with van der Waals surface area (Å²) < 4.78 is 1.96. The van der Waals surface area contributed by atoms with Crippen LogP contribution in [0.4, 0.5) is 0 Å². The summed E-state index contributed by atoms with van der Waals surface area (Å²) >= 11 is 0. The summed E-state index contributed by atoms with van der Waals surface area (Å²) in [4.78, 5) is 11.8. The van der Waals surface area contributed by atoms with Gasteiger partial charge in [-0.15, -0.1) is 0 Å². The summed E-state index contributed by atoms with van der Waals surface area (Å²) in [5.74, 6) is 0. The van der Waals surface area contributed by atoms with Gasteiger partial charge in [-0.1, -0.05) is 6.07 Å². The topological polar surface area (TPSA) is 45.8 Å². The number of pyridine rings is 1. The van der Waals surface area contributed by atoms with Crippen LogP contribution in [0.25, 0.3) is 5.69 Å². The zero-order chi connectivity index (χ0) is 14.0. The van der Waals surface area contributed by atoms with Crippen molar-refractivity contribution in [2.75, 3.05) is 0 Å². The molecule has 0 unspecified atom stereocenters. The van der Waals surface area contributed by atoms with Gasteiger partial charge in [0.2, 0.25) is 0 Å². The van der Waals surface area contributed by atoms with E-state index in [1.54, 1.807) is 12.3 Å². The molecule has 0 aliphatic heterocycles. The quantitative estimate of drug-likeness (QED) is 0.825. The van der Waals surface area contributed by atoms with Crippen molar-refractivity contribution in [3.05, 3.63) is 63.1 Å². The SMILES string of the molecule is Cc1ccc(-n2cc(CC#N)c(=O)cc2C)cc1C. The third-order valence-corrected chi connectivity index (χ3v) is 3.36. The van der Waals surface area contributed by atoms with Gasteiger partial charge in [0, 0.05) is 29.2 Å². The lowest BCUT2D eigenvalue weighted by atomic mass is 10.1. The van der Waals surface area contributed by atoms with E-state index in [0.717, 1.165) is 11.4 Å². The van der Waals surface area contributed by atoms with Crippen molar-refractivity contribution in [3.8, 4) is 11.8 Å². The van der Waals surface area contributed by atoms with E-state index >= 15 is 0 Å². The van der Waals surface area contributed by atoms with Crippen molar-refractivity contribution in [3.63, 3.8) is 0 Å². The van der Waals surface area contributed by atoms with Gasteiger partial charge < -0.3 is 4.57 Å². The van der Waals surface area contributed by atoms with Crippen molar-refractivity contribution in [2.24, 2.45) is 0 Å². The first-order valence-corrected chi connectivity index (χ1v) is 6.19. The maximum Gasteiger partial charge on any atom is 0.186 e. The highest BCUT2D eigenvalue weighted by Gasteiger charge is 2.06. The Labute approximate surface area is 112 Å². The third-order valence-electron chi connectivity index (χ3n) is 3.36. The number of aryl methyl sites for hydroxylation is 3. The summed E-state index contributed by atoms with van der Waals surface area (Å²) in [5.41, 5.74) is 4.79. The molecule has 0 saturated carbocycles. The molecule has 19 heavy (non-hydrogen) atoms. The van der Waals surface area contributed by atoms with Crippen molar-refractivity contribution in [1.82, 2.24) is 4.57 Å². The summed E-state index contributed by atoms with van der Waals surface area (Å²) in [6, 6.07) is 9.79. The van der Waals surface area contributed by atoms with Crippen LogP contribution in [0.2, 0.25) is 0 Å². The average molecular weight is 252 g/mol. The van der Waals surface area contributed by atoms with Crippen LogP contribution < -0.4 is 5.43 Å². The monoisotopic (exact) mass is 252 g/mol. The molecule has 3 nitrogen and oxygen atoms in total. The van der Waals surface area contributed by atoms with Gasteiger partial charge in [0.15, 0.2) is 5.43 Å². The van der Waals surface area contributed by atoms with Gasteiger partial charge in [-0.25, -0.2) is 0 Å². The van der Waals surface area contributed by atoms with Crippen LogP contribution in [0.3, 0.4) is 0 Å². The first kappa shape index (κ1) is 13.1. The summed E-state index contributed by atoms with van der Waals surface area (Å²) in [6.07, 6.45) is 1.91. The number of benzene rings is 1. The molecule has 0 atom stereocenters. The van der Waals surface area contributed by atoms with E-state index in [2.05, 4.69) is 26.0 Å². The van der Waals surface area contributed by atoms with Crippen LogP contribution in [0.15, 0.2) is 35.3 Å². The number of hydrogen-bond donors (Lipinski definition) is 0. The minimum absolute atomic E-state index is 0.0702. The highest BCUT2D eigenvalue weighted by Crippen LogP contribution is 2.16. The van der Waals surface area contributed by atoms with Crippen LogP contribution in [-0.2, 0) is 6.42 Å². The van der Waals surface area contributed by atoms with Gasteiger partial charge >= 0.3 is 0 Å². The maximum atomic E-state index is 11.8. The van der Waals surface area contributed by atoms with Gasteiger partial charge in [-0.3, -0.25) is 4.79 Å². The Morgan fingerprint density at radius 1 is 1.16 bits per heavy atom. The Balaban J connectivity index is 2.61. The number of hydrogen-bond acceptors (Lipinski definition) is 2. The van der Waals surface area contributed by atoms with E-state index < -0.39 is 0 Å². The standard InChI is InChI=1S/C16H16N2O/c1-11-4-5-15(8-12(11)2)18-10-14(6-7-17)16(19)9-13(18)3/h4-5,8-10H,6H2,1-3H3. The van der Waals surface area contributed by atoms with E-state index in [0.29, 0.717) is 5.56 Å². The van der Waals surface area contributed by atoms with Crippen LogP contribution in [-0.4, -0.2) is 4.57 Å². The lowest BCUT2D eigenvalue weighted by Gasteiger charge is -2.13. The predicted molar refractivity (Wildman–Crippen MR) is 75.6 cm³/mol. The lowest BCUT2D eigenvalue weighted by molar-refractivity contribution is 0.946. The Bertz CT molecular complexity index is 721. The van der Waals surface area contributed by atoms with Crippen molar-refractivity contribution < 1.29 is 0 Å². The third kappa shape index (κ3) is 2.58. The predicted octanol–water partition coefficient (Wildman–Crippen LogP) is 2.83. The second-order valence-corrected chi connectivity index (χ2v) is 4.78.